The standard InChI is InChI=1S/C14H18ClN5O/c1-10-13(14(15)18(2)17-10)11-5-3-8-20(11)12(21)9-19-7-4-6-16-19/h4,6-7,11H,3,5,8-9H2,1-2H3/t11-/m0/s1. The Morgan fingerprint density at radius 2 is 2.33 bits per heavy atom. The molecule has 112 valence electrons. The third-order valence-electron chi connectivity index (χ3n) is 3.96. The highest BCUT2D eigenvalue weighted by atomic mass is 35.5. The number of hydrogen-bond acceptors (Lipinski definition) is 3. The van der Waals surface area contributed by atoms with Crippen molar-refractivity contribution in [2.75, 3.05) is 6.54 Å². The molecule has 0 bridgehead atoms. The fraction of sp³-hybridized carbons (Fsp3) is 0.500. The van der Waals surface area contributed by atoms with Crippen molar-refractivity contribution in [2.24, 2.45) is 7.05 Å². The fourth-order valence-corrected chi connectivity index (χ4v) is 3.31. The van der Waals surface area contributed by atoms with Crippen molar-refractivity contribution in [1.29, 1.82) is 0 Å². The Balaban J connectivity index is 1.83. The highest BCUT2D eigenvalue weighted by Crippen LogP contribution is 2.37. The molecule has 21 heavy (non-hydrogen) atoms. The molecular formula is C14H18ClN5O. The minimum Gasteiger partial charge on any atom is -0.334 e. The molecule has 0 N–H and O–H groups in total. The maximum absolute atomic E-state index is 12.5. The number of halogens is 1. The molecule has 0 radical (unpaired) electrons. The van der Waals surface area contributed by atoms with Crippen LogP contribution >= 0.6 is 11.6 Å². The van der Waals surface area contributed by atoms with Crippen LogP contribution < -0.4 is 0 Å². The van der Waals surface area contributed by atoms with Crippen LogP contribution in [0.1, 0.15) is 30.1 Å². The molecule has 2 aromatic rings. The summed E-state index contributed by atoms with van der Waals surface area (Å²) in [5.74, 6) is 0.0699. The number of likely N-dealkylation sites (tertiary alicyclic amines) is 1. The van der Waals surface area contributed by atoms with Gasteiger partial charge in [0.1, 0.15) is 11.7 Å². The Labute approximate surface area is 128 Å². The van der Waals surface area contributed by atoms with Crippen molar-refractivity contribution in [3.05, 3.63) is 34.9 Å². The Morgan fingerprint density at radius 3 is 2.95 bits per heavy atom. The van der Waals surface area contributed by atoms with Gasteiger partial charge in [-0.2, -0.15) is 10.2 Å². The summed E-state index contributed by atoms with van der Waals surface area (Å²) in [6.45, 7) is 2.96. The van der Waals surface area contributed by atoms with Gasteiger partial charge in [0.05, 0.1) is 11.7 Å². The maximum Gasteiger partial charge on any atom is 0.244 e. The molecule has 1 fully saturated rings. The molecule has 7 heteroatoms. The lowest BCUT2D eigenvalue weighted by molar-refractivity contribution is -0.133. The van der Waals surface area contributed by atoms with Gasteiger partial charge in [-0.25, -0.2) is 0 Å². The van der Waals surface area contributed by atoms with Gasteiger partial charge in [0.2, 0.25) is 5.91 Å². The highest BCUT2D eigenvalue weighted by Gasteiger charge is 2.34. The minimum absolute atomic E-state index is 0.0225. The van der Waals surface area contributed by atoms with Crippen molar-refractivity contribution >= 4 is 17.5 Å². The fourth-order valence-electron chi connectivity index (χ4n) is 3.01. The molecule has 0 saturated carbocycles. The molecule has 1 amide bonds. The molecule has 1 aliphatic heterocycles. The summed E-state index contributed by atoms with van der Waals surface area (Å²) >= 11 is 6.35. The van der Waals surface area contributed by atoms with Crippen molar-refractivity contribution in [1.82, 2.24) is 24.5 Å². The normalized spacial score (nSPS) is 18.4. The number of carbonyl (C=O) groups is 1. The number of rotatable bonds is 3. The molecule has 0 unspecified atom stereocenters. The maximum atomic E-state index is 12.5. The molecule has 3 heterocycles. The smallest absolute Gasteiger partial charge is 0.244 e. The van der Waals surface area contributed by atoms with Crippen LogP contribution in [0.15, 0.2) is 18.5 Å². The number of amides is 1. The second-order valence-electron chi connectivity index (χ2n) is 5.36. The van der Waals surface area contributed by atoms with Gasteiger partial charge in [-0.1, -0.05) is 11.6 Å². The summed E-state index contributed by atoms with van der Waals surface area (Å²) in [7, 11) is 1.82. The molecule has 1 aliphatic rings. The second-order valence-corrected chi connectivity index (χ2v) is 5.72. The predicted molar refractivity (Wildman–Crippen MR) is 78.9 cm³/mol. The summed E-state index contributed by atoms with van der Waals surface area (Å²) in [6, 6.07) is 1.84. The Hall–Kier alpha value is -1.82. The van der Waals surface area contributed by atoms with E-state index in [1.54, 1.807) is 21.8 Å². The van der Waals surface area contributed by atoms with Crippen molar-refractivity contribution in [2.45, 2.75) is 32.4 Å². The topological polar surface area (TPSA) is 56.0 Å². The van der Waals surface area contributed by atoms with E-state index in [0.29, 0.717) is 5.15 Å². The lowest BCUT2D eigenvalue weighted by Crippen LogP contribution is -2.33. The van der Waals surface area contributed by atoms with E-state index >= 15 is 0 Å². The summed E-state index contributed by atoms with van der Waals surface area (Å²) in [6.07, 6.45) is 5.39. The molecule has 0 aliphatic carbocycles. The molecule has 1 saturated heterocycles. The average Bonchev–Trinajstić information content (AvgIpc) is 3.13. The SMILES string of the molecule is Cc1nn(C)c(Cl)c1[C@@H]1CCCN1C(=O)Cn1cccn1. The molecule has 0 spiro atoms. The quantitative estimate of drug-likeness (QED) is 0.871. The third-order valence-corrected chi connectivity index (χ3v) is 4.41. The first-order chi connectivity index (χ1) is 10.1. The largest absolute Gasteiger partial charge is 0.334 e. The van der Waals surface area contributed by atoms with Gasteiger partial charge in [-0.3, -0.25) is 14.2 Å². The number of aryl methyl sites for hydroxylation is 2. The summed E-state index contributed by atoms with van der Waals surface area (Å²) in [5.41, 5.74) is 1.87. The van der Waals surface area contributed by atoms with Crippen molar-refractivity contribution in [3.63, 3.8) is 0 Å². The van der Waals surface area contributed by atoms with Crippen LogP contribution in [0.5, 0.6) is 0 Å². The predicted octanol–water partition coefficient (Wildman–Crippen LogP) is 1.94. The third kappa shape index (κ3) is 2.55. The zero-order chi connectivity index (χ0) is 15.0. The first-order valence-electron chi connectivity index (χ1n) is 7.04. The van der Waals surface area contributed by atoms with Crippen molar-refractivity contribution in [3.8, 4) is 0 Å². The summed E-state index contributed by atoms with van der Waals surface area (Å²) in [5, 5.41) is 9.07. The van der Waals surface area contributed by atoms with Crippen molar-refractivity contribution < 1.29 is 4.79 Å². The molecule has 0 aromatic carbocycles. The monoisotopic (exact) mass is 307 g/mol. The van der Waals surface area contributed by atoms with Crippen LogP contribution in [0.2, 0.25) is 5.15 Å². The first kappa shape index (κ1) is 14.1. The zero-order valence-corrected chi connectivity index (χ0v) is 12.9. The van der Waals surface area contributed by atoms with Gasteiger partial charge in [0.15, 0.2) is 0 Å². The van der Waals surface area contributed by atoms with E-state index in [1.165, 1.54) is 0 Å². The second kappa shape index (κ2) is 5.52. The minimum atomic E-state index is 0.0225. The van der Waals surface area contributed by atoms with Gasteiger partial charge >= 0.3 is 0 Å². The Kier molecular flexibility index (Phi) is 3.71. The van der Waals surface area contributed by atoms with Crippen LogP contribution in [0, 0.1) is 6.92 Å². The van der Waals surface area contributed by atoms with E-state index in [4.69, 9.17) is 11.6 Å². The van der Waals surface area contributed by atoms with Gasteiger partial charge in [0.25, 0.3) is 0 Å². The zero-order valence-electron chi connectivity index (χ0n) is 12.2. The van der Waals surface area contributed by atoms with Gasteiger partial charge in [0, 0.05) is 31.5 Å². The van der Waals surface area contributed by atoms with E-state index in [0.717, 1.165) is 30.6 Å². The van der Waals surface area contributed by atoms with Gasteiger partial charge in [-0.15, -0.1) is 0 Å². The van der Waals surface area contributed by atoms with E-state index in [1.807, 2.05) is 24.9 Å². The van der Waals surface area contributed by atoms with Crippen LogP contribution in [-0.4, -0.2) is 36.9 Å². The molecular weight excluding hydrogens is 290 g/mol. The van der Waals surface area contributed by atoms with Crippen LogP contribution in [0.4, 0.5) is 0 Å². The number of hydrogen-bond donors (Lipinski definition) is 0. The van der Waals surface area contributed by atoms with Gasteiger partial charge < -0.3 is 4.90 Å². The lowest BCUT2D eigenvalue weighted by Gasteiger charge is -2.25. The average molecular weight is 308 g/mol. The van der Waals surface area contributed by atoms with Crippen LogP contribution in [-0.2, 0) is 18.4 Å². The van der Waals surface area contributed by atoms with E-state index in [2.05, 4.69) is 10.2 Å². The lowest BCUT2D eigenvalue weighted by atomic mass is 10.1. The number of aromatic nitrogens is 4. The Bertz CT molecular complexity index is 649. The first-order valence-corrected chi connectivity index (χ1v) is 7.41. The molecule has 1 atom stereocenters. The van der Waals surface area contributed by atoms with Gasteiger partial charge in [-0.05, 0) is 25.8 Å². The Morgan fingerprint density at radius 1 is 1.52 bits per heavy atom. The van der Waals surface area contributed by atoms with E-state index in [-0.39, 0.29) is 18.5 Å². The molecule has 3 rings (SSSR count). The number of nitrogens with zero attached hydrogens (tertiary/aromatic N) is 5. The van der Waals surface area contributed by atoms with Crippen LogP contribution in [0.25, 0.3) is 0 Å². The summed E-state index contributed by atoms with van der Waals surface area (Å²) < 4.78 is 3.32. The highest BCUT2D eigenvalue weighted by molar-refractivity contribution is 6.30. The number of carbonyl (C=O) groups excluding carboxylic acids is 1. The summed E-state index contributed by atoms with van der Waals surface area (Å²) in [4.78, 5) is 14.4. The van der Waals surface area contributed by atoms with Crippen LogP contribution in [0.3, 0.4) is 0 Å². The molecule has 6 nitrogen and oxygen atoms in total. The molecule has 2 aromatic heterocycles. The van der Waals surface area contributed by atoms with E-state index < -0.39 is 0 Å². The van der Waals surface area contributed by atoms with E-state index in [9.17, 15) is 4.79 Å².